The van der Waals surface area contributed by atoms with Crippen LogP contribution in [0.5, 0.6) is 0 Å². The molecular weight excluding hydrogens is 330 g/mol. The summed E-state index contributed by atoms with van der Waals surface area (Å²) in [4.78, 5) is 33.5. The summed E-state index contributed by atoms with van der Waals surface area (Å²) in [6, 6.07) is 4.95. The molecule has 8 heteroatoms. The standard InChI is InChI=1S/C16H14ClN5O2/c1-22-14-13(16(24)21-22)10(6-11(19-14)8-2-3-8)15(23)20-12-5-4-9(17)7-18-12/h4-8H,2-3H2,1H3,(H,21,24)(H,18,20,23). The average molecular weight is 344 g/mol. The van der Waals surface area contributed by atoms with Crippen LogP contribution in [0.15, 0.2) is 29.2 Å². The lowest BCUT2D eigenvalue weighted by molar-refractivity contribution is 0.102. The van der Waals surface area contributed by atoms with E-state index in [1.165, 1.54) is 6.20 Å². The van der Waals surface area contributed by atoms with Crippen molar-refractivity contribution >= 4 is 34.4 Å². The molecule has 0 bridgehead atoms. The van der Waals surface area contributed by atoms with Gasteiger partial charge in [-0.1, -0.05) is 11.6 Å². The molecule has 1 aliphatic carbocycles. The van der Waals surface area contributed by atoms with Gasteiger partial charge in [0.2, 0.25) is 0 Å². The first-order chi connectivity index (χ1) is 11.5. The molecule has 0 aliphatic heterocycles. The molecule has 1 fully saturated rings. The summed E-state index contributed by atoms with van der Waals surface area (Å²) in [6.07, 6.45) is 3.55. The zero-order valence-corrected chi connectivity index (χ0v) is 13.6. The van der Waals surface area contributed by atoms with Gasteiger partial charge in [0.05, 0.1) is 16.0 Å². The van der Waals surface area contributed by atoms with Crippen LogP contribution >= 0.6 is 11.6 Å². The van der Waals surface area contributed by atoms with Crippen LogP contribution in [0.1, 0.15) is 34.8 Å². The summed E-state index contributed by atoms with van der Waals surface area (Å²) >= 11 is 5.80. The highest BCUT2D eigenvalue weighted by atomic mass is 35.5. The molecule has 0 radical (unpaired) electrons. The van der Waals surface area contributed by atoms with Crippen molar-refractivity contribution in [2.75, 3.05) is 5.32 Å². The molecule has 122 valence electrons. The molecule has 4 rings (SSSR count). The maximum atomic E-state index is 12.7. The van der Waals surface area contributed by atoms with Crippen LogP contribution in [0.2, 0.25) is 5.02 Å². The van der Waals surface area contributed by atoms with Gasteiger partial charge in [-0.15, -0.1) is 0 Å². The van der Waals surface area contributed by atoms with Crippen molar-refractivity contribution < 1.29 is 4.79 Å². The number of nitrogens with zero attached hydrogens (tertiary/aromatic N) is 3. The van der Waals surface area contributed by atoms with Crippen molar-refractivity contribution in [1.29, 1.82) is 0 Å². The van der Waals surface area contributed by atoms with Gasteiger partial charge in [0, 0.05) is 24.9 Å². The predicted octanol–water partition coefficient (Wildman–Crippen LogP) is 2.44. The summed E-state index contributed by atoms with van der Waals surface area (Å²) in [5.74, 6) is 0.338. The molecule has 0 unspecified atom stereocenters. The molecule has 1 saturated carbocycles. The van der Waals surface area contributed by atoms with Gasteiger partial charge >= 0.3 is 0 Å². The Bertz CT molecular complexity index is 1000. The third-order valence-corrected chi connectivity index (χ3v) is 4.27. The first kappa shape index (κ1) is 14.9. The number of amides is 1. The van der Waals surface area contributed by atoms with Gasteiger partial charge in [-0.05, 0) is 31.0 Å². The first-order valence-corrected chi connectivity index (χ1v) is 7.93. The SMILES string of the molecule is Cn1[nH]c(=O)c2c(C(=O)Nc3ccc(Cl)cn3)cc(C3CC3)nc21. The maximum Gasteiger partial charge on any atom is 0.274 e. The number of aryl methyl sites for hydroxylation is 1. The minimum absolute atomic E-state index is 0.286. The molecule has 24 heavy (non-hydrogen) atoms. The van der Waals surface area contributed by atoms with Crippen LogP contribution in [-0.4, -0.2) is 25.7 Å². The topological polar surface area (TPSA) is 92.7 Å². The minimum atomic E-state index is -0.393. The normalized spacial score (nSPS) is 14.1. The number of H-pyrrole nitrogens is 1. The fourth-order valence-corrected chi connectivity index (χ4v) is 2.79. The number of halogens is 1. The highest BCUT2D eigenvalue weighted by Crippen LogP contribution is 2.40. The van der Waals surface area contributed by atoms with E-state index in [1.807, 2.05) is 0 Å². The van der Waals surface area contributed by atoms with Gasteiger partial charge in [0.1, 0.15) is 5.82 Å². The number of hydrogen-bond donors (Lipinski definition) is 2. The van der Waals surface area contributed by atoms with E-state index in [2.05, 4.69) is 20.4 Å². The van der Waals surface area contributed by atoms with Crippen molar-refractivity contribution in [2.45, 2.75) is 18.8 Å². The Kier molecular flexibility index (Phi) is 3.38. The van der Waals surface area contributed by atoms with Crippen LogP contribution in [0, 0.1) is 0 Å². The number of aromatic amines is 1. The van der Waals surface area contributed by atoms with Gasteiger partial charge in [0.15, 0.2) is 5.65 Å². The van der Waals surface area contributed by atoms with Crippen LogP contribution in [0.25, 0.3) is 11.0 Å². The fourth-order valence-electron chi connectivity index (χ4n) is 2.68. The third kappa shape index (κ3) is 2.56. The zero-order valence-electron chi connectivity index (χ0n) is 12.8. The molecule has 1 aliphatic rings. The first-order valence-electron chi connectivity index (χ1n) is 7.55. The molecular formula is C16H14ClN5O2. The van der Waals surface area contributed by atoms with Gasteiger partial charge < -0.3 is 5.32 Å². The number of hydrogen-bond acceptors (Lipinski definition) is 4. The van der Waals surface area contributed by atoms with Crippen LogP contribution in [-0.2, 0) is 7.05 Å². The minimum Gasteiger partial charge on any atom is -0.307 e. The number of nitrogens with one attached hydrogen (secondary N) is 2. The van der Waals surface area contributed by atoms with Crippen LogP contribution in [0.4, 0.5) is 5.82 Å². The lowest BCUT2D eigenvalue weighted by Crippen LogP contribution is -2.16. The molecule has 0 aromatic carbocycles. The average Bonchev–Trinajstić information content (AvgIpc) is 3.36. The second kappa shape index (κ2) is 5.45. The predicted molar refractivity (Wildman–Crippen MR) is 90.5 cm³/mol. The van der Waals surface area contributed by atoms with Crippen molar-refractivity contribution in [2.24, 2.45) is 7.05 Å². The van der Waals surface area contributed by atoms with E-state index in [0.29, 0.717) is 28.0 Å². The second-order valence-corrected chi connectivity index (χ2v) is 6.32. The smallest absolute Gasteiger partial charge is 0.274 e. The van der Waals surface area contributed by atoms with Gasteiger partial charge in [-0.25, -0.2) is 9.97 Å². The van der Waals surface area contributed by atoms with Gasteiger partial charge in [0.25, 0.3) is 11.5 Å². The highest BCUT2D eigenvalue weighted by molar-refractivity contribution is 6.30. The van der Waals surface area contributed by atoms with Gasteiger partial charge in [-0.2, -0.15) is 0 Å². The number of pyridine rings is 2. The number of carbonyl (C=O) groups is 1. The Balaban J connectivity index is 1.80. The van der Waals surface area contributed by atoms with Crippen molar-refractivity contribution in [3.05, 3.63) is 51.0 Å². The molecule has 2 N–H and O–H groups in total. The Morgan fingerprint density at radius 1 is 1.42 bits per heavy atom. The number of fused-ring (bicyclic) bond motifs is 1. The number of rotatable bonds is 3. The quantitative estimate of drug-likeness (QED) is 0.764. The summed E-state index contributed by atoms with van der Waals surface area (Å²) in [7, 11) is 1.70. The van der Waals surface area contributed by atoms with Crippen LogP contribution < -0.4 is 10.9 Å². The van der Waals surface area contributed by atoms with Crippen LogP contribution in [0.3, 0.4) is 0 Å². The van der Waals surface area contributed by atoms with E-state index in [-0.39, 0.29) is 10.9 Å². The molecule has 0 saturated heterocycles. The summed E-state index contributed by atoms with van der Waals surface area (Å²) in [5.41, 5.74) is 1.29. The van der Waals surface area contributed by atoms with E-state index in [9.17, 15) is 9.59 Å². The summed E-state index contributed by atoms with van der Waals surface area (Å²) in [5, 5.41) is 6.12. The lowest BCUT2D eigenvalue weighted by Gasteiger charge is -2.07. The summed E-state index contributed by atoms with van der Waals surface area (Å²) in [6.45, 7) is 0. The Labute approximate surface area is 141 Å². The van der Waals surface area contributed by atoms with E-state index in [1.54, 1.807) is 29.9 Å². The number of carbonyl (C=O) groups excluding carboxylic acids is 1. The summed E-state index contributed by atoms with van der Waals surface area (Å²) < 4.78 is 1.54. The lowest BCUT2D eigenvalue weighted by atomic mass is 10.1. The second-order valence-electron chi connectivity index (χ2n) is 5.88. The number of aromatic nitrogens is 4. The molecule has 3 aromatic heterocycles. The Hall–Kier alpha value is -2.67. The van der Waals surface area contributed by atoms with E-state index < -0.39 is 5.91 Å². The van der Waals surface area contributed by atoms with E-state index in [0.717, 1.165) is 18.5 Å². The maximum absolute atomic E-state index is 12.7. The molecule has 7 nitrogen and oxygen atoms in total. The Morgan fingerprint density at radius 3 is 2.88 bits per heavy atom. The largest absolute Gasteiger partial charge is 0.307 e. The van der Waals surface area contributed by atoms with Crippen molar-refractivity contribution in [3.63, 3.8) is 0 Å². The third-order valence-electron chi connectivity index (χ3n) is 4.04. The van der Waals surface area contributed by atoms with Crippen molar-refractivity contribution in [3.8, 4) is 0 Å². The number of anilines is 1. The van der Waals surface area contributed by atoms with Gasteiger partial charge in [-0.3, -0.25) is 19.4 Å². The van der Waals surface area contributed by atoms with E-state index in [4.69, 9.17) is 11.6 Å². The monoisotopic (exact) mass is 343 g/mol. The molecule has 3 heterocycles. The highest BCUT2D eigenvalue weighted by Gasteiger charge is 2.28. The Morgan fingerprint density at radius 2 is 2.21 bits per heavy atom. The fraction of sp³-hybridized carbons (Fsp3) is 0.250. The molecule has 0 atom stereocenters. The molecule has 3 aromatic rings. The van der Waals surface area contributed by atoms with E-state index >= 15 is 0 Å². The zero-order chi connectivity index (χ0) is 16.8. The van der Waals surface area contributed by atoms with Crippen molar-refractivity contribution in [1.82, 2.24) is 19.7 Å². The molecule has 0 spiro atoms. The molecule has 1 amide bonds.